The first-order valence-electron chi connectivity index (χ1n) is 11.7. The zero-order chi connectivity index (χ0) is 24.3. The summed E-state index contributed by atoms with van der Waals surface area (Å²) in [6.45, 7) is 9.44. The molecule has 184 valence electrons. The molecule has 2 aromatic carbocycles. The van der Waals surface area contributed by atoms with E-state index in [0.29, 0.717) is 24.7 Å². The summed E-state index contributed by atoms with van der Waals surface area (Å²) in [5.41, 5.74) is 1.82. The zero-order valence-electron chi connectivity index (χ0n) is 20.4. The van der Waals surface area contributed by atoms with E-state index in [1.165, 1.54) is 0 Å². The zero-order valence-corrected chi connectivity index (χ0v) is 21.2. The highest BCUT2D eigenvalue weighted by molar-refractivity contribution is 8.00. The van der Waals surface area contributed by atoms with Crippen LogP contribution in [-0.4, -0.2) is 66.6 Å². The molecule has 7 nitrogen and oxygen atoms in total. The molecule has 2 aromatic rings. The van der Waals surface area contributed by atoms with E-state index in [4.69, 9.17) is 14.2 Å². The number of carbonyl (C=O) groups is 1. The first-order chi connectivity index (χ1) is 16.2. The Labute approximate surface area is 206 Å². The smallest absolute Gasteiger partial charge is 0.233 e. The molecule has 1 fully saturated rings. The number of benzene rings is 2. The normalized spacial score (nSPS) is 17.6. The number of thioether (sulfide) groups is 1. The van der Waals surface area contributed by atoms with Gasteiger partial charge in [-0.05, 0) is 60.8 Å². The van der Waals surface area contributed by atoms with E-state index in [0.717, 1.165) is 47.9 Å². The number of ether oxygens (including phenoxy) is 3. The second kappa shape index (κ2) is 10.4. The molecule has 1 saturated heterocycles. The third-order valence-corrected chi connectivity index (χ3v) is 7.36. The van der Waals surface area contributed by atoms with E-state index in [9.17, 15) is 9.90 Å². The van der Waals surface area contributed by atoms with E-state index < -0.39 is 0 Å². The van der Waals surface area contributed by atoms with Gasteiger partial charge in [-0.1, -0.05) is 26.8 Å². The number of likely N-dealkylation sites (N-methyl/N-ethyl adjacent to an activating group) is 1. The summed E-state index contributed by atoms with van der Waals surface area (Å²) in [5, 5.41) is 10.3. The highest BCUT2D eigenvalue weighted by Crippen LogP contribution is 2.41. The van der Waals surface area contributed by atoms with E-state index in [2.05, 4.69) is 38.8 Å². The van der Waals surface area contributed by atoms with E-state index in [1.54, 1.807) is 17.8 Å². The number of rotatable bonds is 9. The van der Waals surface area contributed by atoms with Gasteiger partial charge in [-0.15, -0.1) is 11.8 Å². The molecule has 1 atom stereocenters. The fourth-order valence-corrected chi connectivity index (χ4v) is 5.40. The highest BCUT2D eigenvalue weighted by atomic mass is 32.2. The van der Waals surface area contributed by atoms with Crippen LogP contribution in [0.25, 0.3) is 0 Å². The fraction of sp³-hybridized carbons (Fsp3) is 0.500. The Hall–Kier alpha value is -2.58. The number of amides is 1. The summed E-state index contributed by atoms with van der Waals surface area (Å²) in [5.74, 6) is 3.21. The van der Waals surface area contributed by atoms with Gasteiger partial charge in [0.25, 0.3) is 0 Å². The van der Waals surface area contributed by atoms with Gasteiger partial charge in [0.1, 0.15) is 23.5 Å². The SMILES string of the molecule is CN(CCCN1C(=O)CSC1c1ccc(O)c(C(C)(C)C)c1)CCOc1ccc2c(c1)OCO2. The van der Waals surface area contributed by atoms with Crippen molar-refractivity contribution in [1.82, 2.24) is 9.80 Å². The van der Waals surface area contributed by atoms with Crippen LogP contribution in [0.4, 0.5) is 0 Å². The van der Waals surface area contributed by atoms with Crippen molar-refractivity contribution < 1.29 is 24.1 Å². The largest absolute Gasteiger partial charge is 0.508 e. The molecule has 2 aliphatic rings. The predicted molar refractivity (Wildman–Crippen MR) is 134 cm³/mol. The van der Waals surface area contributed by atoms with Gasteiger partial charge >= 0.3 is 0 Å². The number of fused-ring (bicyclic) bond motifs is 1. The van der Waals surface area contributed by atoms with E-state index >= 15 is 0 Å². The first kappa shape index (κ1) is 24.5. The van der Waals surface area contributed by atoms with Crippen LogP contribution in [0, 0.1) is 0 Å². The number of phenolic OH excluding ortho intramolecular Hbond substituents is 1. The van der Waals surface area contributed by atoms with Crippen LogP contribution < -0.4 is 14.2 Å². The maximum atomic E-state index is 12.6. The van der Waals surface area contributed by atoms with Crippen molar-refractivity contribution in [2.45, 2.75) is 38.0 Å². The lowest BCUT2D eigenvalue weighted by Crippen LogP contribution is -2.32. The fourth-order valence-electron chi connectivity index (χ4n) is 4.19. The lowest BCUT2D eigenvalue weighted by atomic mass is 9.85. The summed E-state index contributed by atoms with van der Waals surface area (Å²) < 4.78 is 16.6. The number of carbonyl (C=O) groups excluding carboxylic acids is 1. The quantitative estimate of drug-likeness (QED) is 0.564. The molecule has 2 heterocycles. The van der Waals surface area contributed by atoms with E-state index in [1.807, 2.05) is 29.2 Å². The van der Waals surface area contributed by atoms with Crippen LogP contribution in [0.2, 0.25) is 0 Å². The summed E-state index contributed by atoms with van der Waals surface area (Å²) in [7, 11) is 2.07. The average Bonchev–Trinajstić information content (AvgIpc) is 3.40. The molecule has 0 aromatic heterocycles. The molecule has 0 saturated carbocycles. The highest BCUT2D eigenvalue weighted by Gasteiger charge is 2.33. The van der Waals surface area contributed by atoms with Gasteiger partial charge in [0.05, 0.1) is 5.75 Å². The Kier molecular flexibility index (Phi) is 7.48. The molecule has 0 bridgehead atoms. The Morgan fingerprint density at radius 3 is 2.74 bits per heavy atom. The minimum Gasteiger partial charge on any atom is -0.508 e. The number of nitrogens with zero attached hydrogens (tertiary/aromatic N) is 2. The molecular formula is C26H34N2O5S. The van der Waals surface area contributed by atoms with Crippen LogP contribution >= 0.6 is 11.8 Å². The number of hydrogen-bond donors (Lipinski definition) is 1. The van der Waals surface area contributed by atoms with Gasteiger partial charge in [0.2, 0.25) is 12.7 Å². The first-order valence-corrected chi connectivity index (χ1v) is 12.7. The molecule has 0 spiro atoms. The summed E-state index contributed by atoms with van der Waals surface area (Å²) in [4.78, 5) is 16.8. The number of phenols is 1. The van der Waals surface area contributed by atoms with Crippen molar-refractivity contribution in [3.05, 3.63) is 47.5 Å². The lowest BCUT2D eigenvalue weighted by molar-refractivity contribution is -0.128. The van der Waals surface area contributed by atoms with Crippen LogP contribution in [0.15, 0.2) is 36.4 Å². The van der Waals surface area contributed by atoms with Crippen molar-refractivity contribution in [3.8, 4) is 23.0 Å². The van der Waals surface area contributed by atoms with Crippen LogP contribution in [0.1, 0.15) is 43.7 Å². The molecule has 34 heavy (non-hydrogen) atoms. The molecule has 1 unspecified atom stereocenters. The Balaban J connectivity index is 1.26. The standard InChI is InChI=1S/C26H34N2O5S/c1-26(2,3)20-14-18(6-8-21(20)29)25-28(24(30)16-34-25)11-5-10-27(4)12-13-31-19-7-9-22-23(15-19)33-17-32-22/h6-9,14-15,25,29H,5,10-13,16-17H2,1-4H3. The molecule has 0 aliphatic carbocycles. The van der Waals surface area contributed by atoms with Gasteiger partial charge in [-0.25, -0.2) is 0 Å². The maximum Gasteiger partial charge on any atom is 0.233 e. The van der Waals surface area contributed by atoms with Crippen molar-refractivity contribution >= 4 is 17.7 Å². The minimum absolute atomic E-state index is 0.00570. The maximum absolute atomic E-state index is 12.6. The third-order valence-electron chi connectivity index (χ3n) is 6.11. The molecule has 1 amide bonds. The Bertz CT molecular complexity index is 1020. The van der Waals surface area contributed by atoms with Gasteiger partial charge in [-0.3, -0.25) is 4.79 Å². The van der Waals surface area contributed by atoms with Crippen LogP contribution in [-0.2, 0) is 10.2 Å². The van der Waals surface area contributed by atoms with Crippen LogP contribution in [0.3, 0.4) is 0 Å². The Morgan fingerprint density at radius 2 is 1.94 bits per heavy atom. The van der Waals surface area contributed by atoms with Gasteiger partial charge < -0.3 is 29.1 Å². The minimum atomic E-state index is -0.163. The second-order valence-electron chi connectivity index (χ2n) is 9.80. The molecule has 8 heteroatoms. The molecule has 2 aliphatic heterocycles. The predicted octanol–water partition coefficient (Wildman–Crippen LogP) is 4.39. The van der Waals surface area contributed by atoms with Crippen molar-refractivity contribution in [1.29, 1.82) is 0 Å². The number of hydrogen-bond acceptors (Lipinski definition) is 7. The summed E-state index contributed by atoms with van der Waals surface area (Å²) >= 11 is 1.66. The van der Waals surface area contributed by atoms with Crippen molar-refractivity contribution in [2.24, 2.45) is 0 Å². The van der Waals surface area contributed by atoms with Crippen molar-refractivity contribution in [3.63, 3.8) is 0 Å². The van der Waals surface area contributed by atoms with E-state index in [-0.39, 0.29) is 23.5 Å². The third kappa shape index (κ3) is 5.73. The molecular weight excluding hydrogens is 452 g/mol. The molecule has 1 N–H and O–H groups in total. The number of aromatic hydroxyl groups is 1. The topological polar surface area (TPSA) is 71.5 Å². The summed E-state index contributed by atoms with van der Waals surface area (Å²) in [6, 6.07) is 11.4. The monoisotopic (exact) mass is 486 g/mol. The second-order valence-corrected chi connectivity index (χ2v) is 10.9. The van der Waals surface area contributed by atoms with Gasteiger partial charge in [0, 0.05) is 19.2 Å². The molecule has 4 rings (SSSR count). The van der Waals surface area contributed by atoms with Gasteiger partial charge in [-0.2, -0.15) is 0 Å². The van der Waals surface area contributed by atoms with Gasteiger partial charge in [0.15, 0.2) is 11.5 Å². The molecule has 0 radical (unpaired) electrons. The van der Waals surface area contributed by atoms with Crippen LogP contribution in [0.5, 0.6) is 23.0 Å². The Morgan fingerprint density at radius 1 is 1.15 bits per heavy atom. The average molecular weight is 487 g/mol. The summed E-state index contributed by atoms with van der Waals surface area (Å²) in [6.07, 6.45) is 0.882. The lowest BCUT2D eigenvalue weighted by Gasteiger charge is -2.27. The van der Waals surface area contributed by atoms with Crippen molar-refractivity contribution in [2.75, 3.05) is 45.8 Å².